The van der Waals surface area contributed by atoms with Gasteiger partial charge < -0.3 is 9.84 Å². The molecule has 0 atom stereocenters. The van der Waals surface area contributed by atoms with E-state index in [-0.39, 0.29) is 12.0 Å². The van der Waals surface area contributed by atoms with Crippen LogP contribution in [0, 0.1) is 0 Å². The molecule has 0 saturated carbocycles. The second kappa shape index (κ2) is 5.70. The van der Waals surface area contributed by atoms with Gasteiger partial charge in [0.05, 0.1) is 18.0 Å². The van der Waals surface area contributed by atoms with Crippen molar-refractivity contribution in [3.05, 3.63) is 46.7 Å². The van der Waals surface area contributed by atoms with Gasteiger partial charge in [-0.3, -0.25) is 0 Å². The third kappa shape index (κ3) is 2.84. The standard InChI is InChI=1S/C16H19N3O2S/c1-16(2,3)14-12(9-20)19-15(17-14)22-13(18-19)10-21-11-7-5-4-6-8-11/h4-8,20H,9-10H2,1-3H3. The van der Waals surface area contributed by atoms with E-state index in [4.69, 9.17) is 4.74 Å². The maximum absolute atomic E-state index is 9.66. The van der Waals surface area contributed by atoms with Crippen LogP contribution in [-0.2, 0) is 18.6 Å². The van der Waals surface area contributed by atoms with Gasteiger partial charge in [0.2, 0.25) is 4.96 Å². The molecule has 116 valence electrons. The van der Waals surface area contributed by atoms with Crippen LogP contribution in [0.1, 0.15) is 37.2 Å². The first-order valence-electron chi connectivity index (χ1n) is 7.15. The highest BCUT2D eigenvalue weighted by Crippen LogP contribution is 2.28. The highest BCUT2D eigenvalue weighted by Gasteiger charge is 2.25. The summed E-state index contributed by atoms with van der Waals surface area (Å²) in [5, 5.41) is 15.0. The van der Waals surface area contributed by atoms with Crippen molar-refractivity contribution in [1.82, 2.24) is 14.6 Å². The van der Waals surface area contributed by atoms with Crippen molar-refractivity contribution >= 4 is 16.3 Å². The van der Waals surface area contributed by atoms with Crippen molar-refractivity contribution in [3.8, 4) is 5.75 Å². The number of hydrogen-bond acceptors (Lipinski definition) is 5. The third-order valence-electron chi connectivity index (χ3n) is 3.30. The van der Waals surface area contributed by atoms with Crippen LogP contribution in [0.3, 0.4) is 0 Å². The van der Waals surface area contributed by atoms with Crippen molar-refractivity contribution in [1.29, 1.82) is 0 Å². The van der Waals surface area contributed by atoms with E-state index in [9.17, 15) is 5.11 Å². The normalized spacial score (nSPS) is 12.0. The second-order valence-corrected chi connectivity index (χ2v) is 7.15. The highest BCUT2D eigenvalue weighted by atomic mass is 32.1. The van der Waals surface area contributed by atoms with Crippen molar-refractivity contribution in [3.63, 3.8) is 0 Å². The molecule has 2 aromatic heterocycles. The van der Waals surface area contributed by atoms with Gasteiger partial charge in [-0.15, -0.1) is 0 Å². The van der Waals surface area contributed by atoms with Crippen LogP contribution in [0.5, 0.6) is 5.75 Å². The van der Waals surface area contributed by atoms with E-state index in [1.807, 2.05) is 30.3 Å². The lowest BCUT2D eigenvalue weighted by Crippen LogP contribution is -2.15. The van der Waals surface area contributed by atoms with Crippen LogP contribution in [0.25, 0.3) is 4.96 Å². The van der Waals surface area contributed by atoms with E-state index in [1.165, 1.54) is 11.3 Å². The lowest BCUT2D eigenvalue weighted by molar-refractivity contribution is 0.269. The number of aliphatic hydroxyl groups excluding tert-OH is 1. The molecule has 0 bridgehead atoms. The Hall–Kier alpha value is -1.92. The van der Waals surface area contributed by atoms with E-state index >= 15 is 0 Å². The van der Waals surface area contributed by atoms with Crippen LogP contribution in [0.15, 0.2) is 30.3 Å². The first-order valence-corrected chi connectivity index (χ1v) is 7.97. The van der Waals surface area contributed by atoms with Gasteiger partial charge in [0, 0.05) is 5.41 Å². The number of fused-ring (bicyclic) bond motifs is 1. The quantitative estimate of drug-likeness (QED) is 0.803. The number of aromatic nitrogens is 3. The van der Waals surface area contributed by atoms with Gasteiger partial charge in [0.15, 0.2) is 5.01 Å². The number of benzene rings is 1. The molecule has 6 heteroatoms. The Morgan fingerprint density at radius 3 is 2.59 bits per heavy atom. The first kappa shape index (κ1) is 15.0. The number of nitrogens with zero attached hydrogens (tertiary/aromatic N) is 3. The van der Waals surface area contributed by atoms with Crippen LogP contribution in [-0.4, -0.2) is 19.7 Å². The van der Waals surface area contributed by atoms with Gasteiger partial charge >= 0.3 is 0 Å². The Labute approximate surface area is 133 Å². The molecule has 0 fully saturated rings. The summed E-state index contributed by atoms with van der Waals surface area (Å²) in [6, 6.07) is 9.64. The first-order chi connectivity index (χ1) is 10.5. The number of ether oxygens (including phenoxy) is 1. The topological polar surface area (TPSA) is 59.7 Å². The third-order valence-corrected chi connectivity index (χ3v) is 4.19. The maximum Gasteiger partial charge on any atom is 0.212 e. The van der Waals surface area contributed by atoms with E-state index < -0.39 is 0 Å². The van der Waals surface area contributed by atoms with Gasteiger partial charge in [0.25, 0.3) is 0 Å². The van der Waals surface area contributed by atoms with E-state index in [1.54, 1.807) is 4.52 Å². The zero-order chi connectivity index (χ0) is 15.7. The van der Waals surface area contributed by atoms with Crippen molar-refractivity contribution in [2.75, 3.05) is 0 Å². The van der Waals surface area contributed by atoms with Crippen LogP contribution >= 0.6 is 11.3 Å². The Kier molecular flexibility index (Phi) is 3.88. The number of hydrogen-bond donors (Lipinski definition) is 1. The fourth-order valence-corrected chi connectivity index (χ4v) is 3.12. The Balaban J connectivity index is 1.86. The smallest absolute Gasteiger partial charge is 0.212 e. The zero-order valence-corrected chi connectivity index (χ0v) is 13.7. The largest absolute Gasteiger partial charge is 0.486 e. The molecule has 0 unspecified atom stereocenters. The van der Waals surface area contributed by atoms with Crippen molar-refractivity contribution in [2.45, 2.75) is 39.4 Å². The van der Waals surface area contributed by atoms with Gasteiger partial charge in [-0.05, 0) is 12.1 Å². The van der Waals surface area contributed by atoms with Gasteiger partial charge in [0.1, 0.15) is 12.4 Å². The molecule has 3 aromatic rings. The van der Waals surface area contributed by atoms with Crippen LogP contribution in [0.4, 0.5) is 0 Å². The van der Waals surface area contributed by atoms with Crippen LogP contribution in [0.2, 0.25) is 0 Å². The molecule has 0 radical (unpaired) electrons. The molecule has 1 aromatic carbocycles. The molecule has 0 spiro atoms. The molecule has 22 heavy (non-hydrogen) atoms. The van der Waals surface area contributed by atoms with Gasteiger partial charge in [-0.1, -0.05) is 50.3 Å². The number of imidazole rings is 1. The minimum absolute atomic E-state index is 0.0729. The van der Waals surface area contributed by atoms with Crippen LogP contribution < -0.4 is 4.74 Å². The molecule has 0 aliphatic rings. The van der Waals surface area contributed by atoms with Gasteiger partial charge in [-0.25, -0.2) is 9.50 Å². The van der Waals surface area contributed by atoms with Gasteiger partial charge in [-0.2, -0.15) is 5.10 Å². The number of para-hydroxylation sites is 1. The molecule has 0 amide bonds. The lowest BCUT2D eigenvalue weighted by atomic mass is 9.91. The SMILES string of the molecule is CC(C)(C)c1nc2sc(COc3ccccc3)nn2c1CO. The average Bonchev–Trinajstić information content (AvgIpc) is 3.02. The minimum Gasteiger partial charge on any atom is -0.486 e. The molecule has 1 N–H and O–H groups in total. The predicted octanol–water partition coefficient (Wildman–Crippen LogP) is 3.16. The molecule has 3 rings (SSSR count). The van der Waals surface area contributed by atoms with E-state index in [0.29, 0.717) is 6.61 Å². The summed E-state index contributed by atoms with van der Waals surface area (Å²) in [6.07, 6.45) is 0. The molecular formula is C16H19N3O2S. The Morgan fingerprint density at radius 2 is 1.95 bits per heavy atom. The molecule has 0 saturated heterocycles. The predicted molar refractivity (Wildman–Crippen MR) is 86.3 cm³/mol. The van der Waals surface area contributed by atoms with Crippen molar-refractivity contribution < 1.29 is 9.84 Å². The molecular weight excluding hydrogens is 298 g/mol. The molecule has 0 aliphatic carbocycles. The summed E-state index contributed by atoms with van der Waals surface area (Å²) in [7, 11) is 0. The summed E-state index contributed by atoms with van der Waals surface area (Å²) in [4.78, 5) is 5.43. The summed E-state index contributed by atoms with van der Waals surface area (Å²) in [6.45, 7) is 6.57. The van der Waals surface area contributed by atoms with E-state index in [0.717, 1.165) is 27.1 Å². The van der Waals surface area contributed by atoms with Crippen molar-refractivity contribution in [2.24, 2.45) is 0 Å². The van der Waals surface area contributed by atoms with E-state index in [2.05, 4.69) is 30.9 Å². The second-order valence-electron chi connectivity index (χ2n) is 6.11. The highest BCUT2D eigenvalue weighted by molar-refractivity contribution is 7.16. The number of rotatable bonds is 4. The Morgan fingerprint density at radius 1 is 1.23 bits per heavy atom. The summed E-state index contributed by atoms with van der Waals surface area (Å²) >= 11 is 1.49. The zero-order valence-electron chi connectivity index (χ0n) is 12.9. The molecule has 2 heterocycles. The summed E-state index contributed by atoms with van der Waals surface area (Å²) < 4.78 is 7.44. The monoisotopic (exact) mass is 317 g/mol. The summed E-state index contributed by atoms with van der Waals surface area (Å²) in [5.74, 6) is 0.813. The number of aliphatic hydroxyl groups is 1. The molecule has 5 nitrogen and oxygen atoms in total. The maximum atomic E-state index is 9.66. The lowest BCUT2D eigenvalue weighted by Gasteiger charge is -2.16. The fourth-order valence-electron chi connectivity index (χ4n) is 2.29. The summed E-state index contributed by atoms with van der Waals surface area (Å²) in [5.41, 5.74) is 1.53. The Bertz CT molecular complexity index is 772. The minimum atomic E-state index is -0.119. The average molecular weight is 317 g/mol. The fraction of sp³-hybridized carbons (Fsp3) is 0.375. The molecule has 0 aliphatic heterocycles.